The minimum absolute atomic E-state index is 0.297. The van der Waals surface area contributed by atoms with Crippen molar-refractivity contribution >= 4 is 5.78 Å². The highest BCUT2D eigenvalue weighted by atomic mass is 16.1. The minimum Gasteiger partial charge on any atom is -0.295 e. The molecule has 0 rings (SSSR count). The molecule has 1 heteroatoms. The van der Waals surface area contributed by atoms with Gasteiger partial charge in [0.15, 0.2) is 5.78 Å². The molecule has 0 saturated heterocycles. The summed E-state index contributed by atoms with van der Waals surface area (Å²) in [5.41, 5.74) is 0. The monoisotopic (exact) mass is 306 g/mol. The smallest absolute Gasteiger partial charge is 0.155 e. The largest absolute Gasteiger partial charge is 0.295 e. The fourth-order valence-corrected chi connectivity index (χ4v) is 2.52. The molecule has 0 bridgehead atoms. The number of rotatable bonds is 16. The molecule has 0 spiro atoms. The second-order valence-corrected chi connectivity index (χ2v) is 6.30. The van der Waals surface area contributed by atoms with Gasteiger partial charge in [0, 0.05) is 6.42 Å². The molecule has 0 aromatic heterocycles. The predicted octanol–water partition coefficient (Wildman–Crippen LogP) is 7.17. The molecule has 0 aliphatic heterocycles. The van der Waals surface area contributed by atoms with Crippen LogP contribution >= 0.6 is 0 Å². The van der Waals surface area contributed by atoms with Crippen molar-refractivity contribution in [2.24, 2.45) is 0 Å². The Balaban J connectivity index is 3.36. The average Bonchev–Trinajstić information content (AvgIpc) is 2.52. The number of allylic oxidation sites excluding steroid dienone is 4. The Labute approximate surface area is 139 Å². The van der Waals surface area contributed by atoms with Gasteiger partial charge in [0.05, 0.1) is 0 Å². The van der Waals surface area contributed by atoms with Crippen LogP contribution in [0.5, 0.6) is 0 Å². The number of hydrogen-bond donors (Lipinski definition) is 0. The van der Waals surface area contributed by atoms with Crippen molar-refractivity contribution < 1.29 is 4.79 Å². The van der Waals surface area contributed by atoms with Gasteiger partial charge in [-0.2, -0.15) is 0 Å². The average molecular weight is 307 g/mol. The number of carbonyl (C=O) groups excluding carboxylic acids is 1. The van der Waals surface area contributed by atoms with E-state index in [-0.39, 0.29) is 0 Å². The van der Waals surface area contributed by atoms with E-state index in [9.17, 15) is 4.79 Å². The van der Waals surface area contributed by atoms with Gasteiger partial charge in [-0.3, -0.25) is 4.79 Å². The first-order valence-electron chi connectivity index (χ1n) is 9.65. The maximum absolute atomic E-state index is 11.7. The third-order valence-electron chi connectivity index (χ3n) is 3.99. The summed E-state index contributed by atoms with van der Waals surface area (Å²) in [6.07, 6.45) is 25.2. The second kappa shape index (κ2) is 18.2. The molecule has 22 heavy (non-hydrogen) atoms. The Morgan fingerprint density at radius 1 is 0.682 bits per heavy atom. The quantitative estimate of drug-likeness (QED) is 0.168. The van der Waals surface area contributed by atoms with Crippen LogP contribution in [0.1, 0.15) is 104 Å². The molecule has 0 atom stereocenters. The van der Waals surface area contributed by atoms with Crippen LogP contribution in [0.2, 0.25) is 0 Å². The molecule has 128 valence electrons. The number of carbonyl (C=O) groups is 1. The highest BCUT2D eigenvalue weighted by Gasteiger charge is 1.96. The van der Waals surface area contributed by atoms with Gasteiger partial charge in [0.25, 0.3) is 0 Å². The summed E-state index contributed by atoms with van der Waals surface area (Å²) in [6, 6.07) is 0. The molecule has 1 nitrogen and oxygen atoms in total. The molecule has 0 aliphatic rings. The van der Waals surface area contributed by atoms with Gasteiger partial charge < -0.3 is 0 Å². The van der Waals surface area contributed by atoms with Crippen LogP contribution in [0.3, 0.4) is 0 Å². The zero-order chi connectivity index (χ0) is 16.3. The van der Waals surface area contributed by atoms with Crippen LogP contribution in [0.15, 0.2) is 24.3 Å². The highest BCUT2D eigenvalue weighted by molar-refractivity contribution is 5.89. The molecule has 0 unspecified atom stereocenters. The third kappa shape index (κ3) is 17.2. The SMILES string of the molecule is CCCCC/C=C\C/C=C/C(=O)CCCCCCCCCC. The number of unbranched alkanes of at least 4 members (excludes halogenated alkanes) is 10. The normalized spacial score (nSPS) is 11.7. The fraction of sp³-hybridized carbons (Fsp3) is 0.762. The molecule has 0 radical (unpaired) electrons. The standard InChI is InChI=1S/C21H38O/c1-3-5-7-9-11-13-15-17-19-21(22)20-18-16-14-12-10-8-6-4-2/h11,13,17,19H,3-10,12,14-16,18,20H2,1-2H3/b13-11-,19-17+. The predicted molar refractivity (Wildman–Crippen MR) is 99.3 cm³/mol. The summed E-state index contributed by atoms with van der Waals surface area (Å²) in [4.78, 5) is 11.7. The Morgan fingerprint density at radius 3 is 1.95 bits per heavy atom. The molecule has 0 aromatic rings. The molecule has 0 aromatic carbocycles. The van der Waals surface area contributed by atoms with E-state index >= 15 is 0 Å². The lowest BCUT2D eigenvalue weighted by Crippen LogP contribution is -1.92. The van der Waals surface area contributed by atoms with Crippen molar-refractivity contribution in [3.05, 3.63) is 24.3 Å². The van der Waals surface area contributed by atoms with Crippen LogP contribution in [0.25, 0.3) is 0 Å². The van der Waals surface area contributed by atoms with E-state index in [1.165, 1.54) is 70.6 Å². The van der Waals surface area contributed by atoms with Gasteiger partial charge >= 0.3 is 0 Å². The first-order chi connectivity index (χ1) is 10.8. The summed E-state index contributed by atoms with van der Waals surface area (Å²) in [5.74, 6) is 0.297. The van der Waals surface area contributed by atoms with Crippen molar-refractivity contribution in [2.75, 3.05) is 0 Å². The second-order valence-electron chi connectivity index (χ2n) is 6.30. The fourth-order valence-electron chi connectivity index (χ4n) is 2.52. The summed E-state index contributed by atoms with van der Waals surface area (Å²) in [5, 5.41) is 0. The van der Waals surface area contributed by atoms with Gasteiger partial charge in [-0.15, -0.1) is 0 Å². The number of ketones is 1. The van der Waals surface area contributed by atoms with Gasteiger partial charge in [0.1, 0.15) is 0 Å². The lowest BCUT2D eigenvalue weighted by molar-refractivity contribution is -0.114. The molecule has 0 fully saturated rings. The van der Waals surface area contributed by atoms with E-state index in [2.05, 4.69) is 26.0 Å². The third-order valence-corrected chi connectivity index (χ3v) is 3.99. The summed E-state index contributed by atoms with van der Waals surface area (Å²) < 4.78 is 0. The molecule has 0 aliphatic carbocycles. The van der Waals surface area contributed by atoms with Crippen molar-refractivity contribution in [3.63, 3.8) is 0 Å². The Hall–Kier alpha value is -0.850. The molecule has 0 amide bonds. The van der Waals surface area contributed by atoms with Crippen molar-refractivity contribution in [1.29, 1.82) is 0 Å². The van der Waals surface area contributed by atoms with Gasteiger partial charge in [0.2, 0.25) is 0 Å². The van der Waals surface area contributed by atoms with Gasteiger partial charge in [-0.25, -0.2) is 0 Å². The van der Waals surface area contributed by atoms with Crippen molar-refractivity contribution in [2.45, 2.75) is 104 Å². The number of hydrogen-bond acceptors (Lipinski definition) is 1. The van der Waals surface area contributed by atoms with Crippen LogP contribution in [0, 0.1) is 0 Å². The van der Waals surface area contributed by atoms with E-state index in [1.807, 2.05) is 6.08 Å². The van der Waals surface area contributed by atoms with Crippen molar-refractivity contribution in [1.82, 2.24) is 0 Å². The first-order valence-corrected chi connectivity index (χ1v) is 9.65. The maximum atomic E-state index is 11.7. The van der Waals surface area contributed by atoms with E-state index in [0.29, 0.717) is 5.78 Å². The minimum atomic E-state index is 0.297. The maximum Gasteiger partial charge on any atom is 0.155 e. The van der Waals surface area contributed by atoms with Gasteiger partial charge in [-0.05, 0) is 31.8 Å². The summed E-state index contributed by atoms with van der Waals surface area (Å²) >= 11 is 0. The first kappa shape index (κ1) is 21.1. The lowest BCUT2D eigenvalue weighted by atomic mass is 10.1. The lowest BCUT2D eigenvalue weighted by Gasteiger charge is -2.00. The van der Waals surface area contributed by atoms with Gasteiger partial charge in [-0.1, -0.05) is 89.9 Å². The Morgan fingerprint density at radius 2 is 1.27 bits per heavy atom. The zero-order valence-electron chi connectivity index (χ0n) is 15.1. The van der Waals surface area contributed by atoms with Crippen LogP contribution in [-0.4, -0.2) is 5.78 Å². The van der Waals surface area contributed by atoms with Crippen molar-refractivity contribution in [3.8, 4) is 0 Å². The molecule has 0 saturated carbocycles. The van der Waals surface area contributed by atoms with E-state index in [1.54, 1.807) is 6.08 Å². The Kier molecular flexibility index (Phi) is 17.5. The van der Waals surface area contributed by atoms with E-state index in [4.69, 9.17) is 0 Å². The summed E-state index contributed by atoms with van der Waals surface area (Å²) in [6.45, 7) is 4.48. The van der Waals surface area contributed by atoms with Crippen LogP contribution in [-0.2, 0) is 4.79 Å². The highest BCUT2D eigenvalue weighted by Crippen LogP contribution is 2.10. The Bertz CT molecular complexity index is 288. The molecule has 0 heterocycles. The van der Waals surface area contributed by atoms with E-state index in [0.717, 1.165) is 19.3 Å². The van der Waals surface area contributed by atoms with Crippen LogP contribution < -0.4 is 0 Å². The molecular weight excluding hydrogens is 268 g/mol. The van der Waals surface area contributed by atoms with Crippen LogP contribution in [0.4, 0.5) is 0 Å². The molecule has 0 N–H and O–H groups in total. The van der Waals surface area contributed by atoms with E-state index < -0.39 is 0 Å². The zero-order valence-corrected chi connectivity index (χ0v) is 15.1. The topological polar surface area (TPSA) is 17.1 Å². The summed E-state index contributed by atoms with van der Waals surface area (Å²) in [7, 11) is 0. The molecular formula is C21H38O.